The van der Waals surface area contributed by atoms with Gasteiger partial charge in [-0.1, -0.05) is 29.3 Å². The minimum atomic E-state index is -3.94. The van der Waals surface area contributed by atoms with Crippen LogP contribution in [0.1, 0.15) is 15.9 Å². The molecule has 0 fully saturated rings. The third-order valence-corrected chi connectivity index (χ3v) is 7.07. The van der Waals surface area contributed by atoms with E-state index >= 15 is 0 Å². The predicted octanol–water partition coefficient (Wildman–Crippen LogP) is 5.39. The highest BCUT2D eigenvalue weighted by Gasteiger charge is 2.24. The van der Waals surface area contributed by atoms with Crippen LogP contribution in [-0.2, 0) is 10.0 Å². The maximum Gasteiger partial charge on any atom is 0.264 e. The highest BCUT2D eigenvalue weighted by atomic mass is 35.5. The van der Waals surface area contributed by atoms with E-state index in [2.05, 4.69) is 5.32 Å². The second-order valence-corrected chi connectivity index (χ2v) is 9.53. The Morgan fingerprint density at radius 2 is 1.65 bits per heavy atom. The summed E-state index contributed by atoms with van der Waals surface area (Å²) in [5.41, 5.74) is 1.79. The summed E-state index contributed by atoms with van der Waals surface area (Å²) in [6.45, 7) is 1.88. The molecule has 1 amide bonds. The van der Waals surface area contributed by atoms with Gasteiger partial charge in [0, 0.05) is 7.05 Å². The SMILES string of the molecule is COc1ccc(N(C)S(=O)(=O)c2ccc(Cl)c(C(=O)Nc3ccc(C)cc3Cl)c2)cc1. The van der Waals surface area contributed by atoms with Gasteiger partial charge in [-0.05, 0) is 67.1 Å². The van der Waals surface area contributed by atoms with Gasteiger partial charge < -0.3 is 10.1 Å². The number of rotatable bonds is 6. The van der Waals surface area contributed by atoms with Gasteiger partial charge in [0.1, 0.15) is 5.75 Å². The molecule has 9 heteroatoms. The van der Waals surface area contributed by atoms with Crippen LogP contribution in [0.25, 0.3) is 0 Å². The lowest BCUT2D eigenvalue weighted by atomic mass is 10.2. The first kappa shape index (κ1) is 22.9. The van der Waals surface area contributed by atoms with Gasteiger partial charge in [-0.3, -0.25) is 9.10 Å². The van der Waals surface area contributed by atoms with Crippen LogP contribution in [0.15, 0.2) is 65.6 Å². The molecule has 3 rings (SSSR count). The van der Waals surface area contributed by atoms with E-state index in [4.69, 9.17) is 27.9 Å². The number of benzene rings is 3. The van der Waals surface area contributed by atoms with Crippen molar-refractivity contribution < 1.29 is 17.9 Å². The third kappa shape index (κ3) is 4.95. The van der Waals surface area contributed by atoms with Crippen molar-refractivity contribution in [3.05, 3.63) is 81.8 Å². The maximum absolute atomic E-state index is 13.1. The number of nitrogens with zero attached hydrogens (tertiary/aromatic N) is 1. The molecule has 0 bridgehead atoms. The smallest absolute Gasteiger partial charge is 0.264 e. The number of anilines is 2. The quantitative estimate of drug-likeness (QED) is 0.515. The van der Waals surface area contributed by atoms with Gasteiger partial charge in [-0.2, -0.15) is 0 Å². The molecule has 3 aromatic rings. The van der Waals surface area contributed by atoms with Gasteiger partial charge in [-0.15, -0.1) is 0 Å². The van der Waals surface area contributed by atoms with Gasteiger partial charge in [0.15, 0.2) is 0 Å². The third-order valence-electron chi connectivity index (χ3n) is 4.65. The number of halogens is 2. The highest BCUT2D eigenvalue weighted by molar-refractivity contribution is 7.92. The van der Waals surface area contributed by atoms with Crippen molar-refractivity contribution in [3.63, 3.8) is 0 Å². The topological polar surface area (TPSA) is 75.7 Å². The summed E-state index contributed by atoms with van der Waals surface area (Å²) in [7, 11) is -0.988. The van der Waals surface area contributed by atoms with E-state index in [0.717, 1.165) is 9.87 Å². The number of carbonyl (C=O) groups is 1. The summed E-state index contributed by atoms with van der Waals surface area (Å²) in [5, 5.41) is 3.15. The van der Waals surface area contributed by atoms with Crippen LogP contribution < -0.4 is 14.4 Å². The van der Waals surface area contributed by atoms with E-state index in [1.54, 1.807) is 42.5 Å². The lowest BCUT2D eigenvalue weighted by Crippen LogP contribution is -2.27. The molecule has 162 valence electrons. The molecule has 0 aliphatic carbocycles. The molecule has 0 saturated carbocycles. The van der Waals surface area contributed by atoms with Crippen LogP contribution >= 0.6 is 23.2 Å². The maximum atomic E-state index is 13.1. The summed E-state index contributed by atoms with van der Waals surface area (Å²) < 4.78 is 32.5. The molecule has 1 N–H and O–H groups in total. The van der Waals surface area contributed by atoms with Crippen LogP contribution in [-0.4, -0.2) is 28.5 Å². The fourth-order valence-electron chi connectivity index (χ4n) is 2.84. The largest absolute Gasteiger partial charge is 0.497 e. The number of nitrogens with one attached hydrogen (secondary N) is 1. The average molecular weight is 479 g/mol. The van der Waals surface area contributed by atoms with Crippen LogP contribution in [0.5, 0.6) is 5.75 Å². The van der Waals surface area contributed by atoms with Crippen molar-refractivity contribution in [1.29, 1.82) is 0 Å². The van der Waals surface area contributed by atoms with E-state index in [1.807, 2.05) is 6.92 Å². The standard InChI is InChI=1S/C22H20Cl2N2O4S/c1-14-4-11-21(20(24)12-14)25-22(27)18-13-17(9-10-19(18)23)31(28,29)26(2)15-5-7-16(30-3)8-6-15/h4-13H,1-3H3,(H,25,27). The molecular weight excluding hydrogens is 459 g/mol. The number of methoxy groups -OCH3 is 1. The molecule has 0 saturated heterocycles. The number of sulfonamides is 1. The summed E-state index contributed by atoms with van der Waals surface area (Å²) in [5.74, 6) is 0.0367. The van der Waals surface area contributed by atoms with Crippen LogP contribution in [0.4, 0.5) is 11.4 Å². The second kappa shape index (κ2) is 9.18. The predicted molar refractivity (Wildman–Crippen MR) is 124 cm³/mol. The first-order chi connectivity index (χ1) is 14.6. The van der Waals surface area contributed by atoms with Gasteiger partial charge in [0.2, 0.25) is 0 Å². The van der Waals surface area contributed by atoms with Gasteiger partial charge in [0.25, 0.3) is 15.9 Å². The van der Waals surface area contributed by atoms with E-state index in [-0.39, 0.29) is 15.5 Å². The fourth-order valence-corrected chi connectivity index (χ4v) is 4.55. The Morgan fingerprint density at radius 3 is 2.26 bits per heavy atom. The molecule has 0 spiro atoms. The molecule has 0 aliphatic rings. The summed E-state index contributed by atoms with van der Waals surface area (Å²) in [4.78, 5) is 12.7. The highest BCUT2D eigenvalue weighted by Crippen LogP contribution is 2.28. The van der Waals surface area contributed by atoms with Crippen molar-refractivity contribution in [2.75, 3.05) is 23.8 Å². The number of hydrogen-bond donors (Lipinski definition) is 1. The van der Waals surface area contributed by atoms with E-state index < -0.39 is 15.9 Å². The first-order valence-electron chi connectivity index (χ1n) is 9.13. The zero-order valence-corrected chi connectivity index (χ0v) is 19.3. The normalized spacial score (nSPS) is 11.1. The molecule has 0 aliphatic heterocycles. The van der Waals surface area contributed by atoms with Gasteiger partial charge in [-0.25, -0.2) is 8.42 Å². The van der Waals surface area contributed by atoms with Crippen LogP contribution in [0.2, 0.25) is 10.0 Å². The first-order valence-corrected chi connectivity index (χ1v) is 11.3. The molecule has 0 heterocycles. The summed E-state index contributed by atoms with van der Waals surface area (Å²) in [6.07, 6.45) is 0. The summed E-state index contributed by atoms with van der Waals surface area (Å²) >= 11 is 12.4. The Kier molecular flexibility index (Phi) is 6.79. The van der Waals surface area contributed by atoms with Crippen molar-refractivity contribution in [3.8, 4) is 5.75 Å². The van der Waals surface area contributed by atoms with Crippen LogP contribution in [0.3, 0.4) is 0 Å². The fraction of sp³-hybridized carbons (Fsp3) is 0.136. The van der Waals surface area contributed by atoms with Crippen molar-refractivity contribution in [2.45, 2.75) is 11.8 Å². The minimum absolute atomic E-state index is 0.0162. The Balaban J connectivity index is 1.92. The molecule has 6 nitrogen and oxygen atoms in total. The zero-order chi connectivity index (χ0) is 22.8. The number of amides is 1. The number of carbonyl (C=O) groups excluding carboxylic acids is 1. The van der Waals surface area contributed by atoms with E-state index in [9.17, 15) is 13.2 Å². The van der Waals surface area contributed by atoms with E-state index in [1.165, 1.54) is 32.4 Å². The Bertz CT molecular complexity index is 1230. The van der Waals surface area contributed by atoms with Gasteiger partial charge >= 0.3 is 0 Å². The molecule has 0 atom stereocenters. The van der Waals surface area contributed by atoms with Crippen molar-refractivity contribution in [1.82, 2.24) is 0 Å². The number of aryl methyl sites for hydroxylation is 1. The monoisotopic (exact) mass is 478 g/mol. The number of hydrogen-bond acceptors (Lipinski definition) is 4. The van der Waals surface area contributed by atoms with Crippen molar-refractivity contribution >= 4 is 50.5 Å². The average Bonchev–Trinajstić information content (AvgIpc) is 2.75. The molecule has 0 unspecified atom stereocenters. The lowest BCUT2D eigenvalue weighted by Gasteiger charge is -2.20. The van der Waals surface area contributed by atoms with Gasteiger partial charge in [0.05, 0.1) is 39.0 Å². The number of ether oxygens (including phenoxy) is 1. The molecule has 0 aromatic heterocycles. The Hall–Kier alpha value is -2.74. The molecule has 3 aromatic carbocycles. The molecule has 31 heavy (non-hydrogen) atoms. The zero-order valence-electron chi connectivity index (χ0n) is 17.0. The molecule has 0 radical (unpaired) electrons. The van der Waals surface area contributed by atoms with Crippen molar-refractivity contribution in [2.24, 2.45) is 0 Å². The molecular formula is C22H20Cl2N2O4S. The minimum Gasteiger partial charge on any atom is -0.497 e. The Morgan fingerprint density at radius 1 is 0.968 bits per heavy atom. The summed E-state index contributed by atoms with van der Waals surface area (Å²) in [6, 6.07) is 15.7. The lowest BCUT2D eigenvalue weighted by molar-refractivity contribution is 0.102. The van der Waals surface area contributed by atoms with Crippen LogP contribution in [0, 0.1) is 6.92 Å². The van der Waals surface area contributed by atoms with E-state index in [0.29, 0.717) is 22.1 Å². The second-order valence-electron chi connectivity index (χ2n) is 6.75. The Labute approximate surface area is 191 Å².